The zero-order valence-electron chi connectivity index (χ0n) is 6.71. The Morgan fingerprint density at radius 2 is 2.00 bits per heavy atom. The largest absolute Gasteiger partial charge is 0.491 e. The van der Waals surface area contributed by atoms with Gasteiger partial charge in [-0.2, -0.15) is 5.26 Å². The SMILES string of the molecule is N#CC(Cl)COc1ccc(Cl)cc1. The van der Waals surface area contributed by atoms with Gasteiger partial charge in [-0.15, -0.1) is 11.6 Å². The molecular formula is C9H7Cl2NO. The zero-order valence-corrected chi connectivity index (χ0v) is 8.22. The van der Waals surface area contributed by atoms with Crippen LogP contribution >= 0.6 is 23.2 Å². The molecule has 0 heterocycles. The Bertz CT molecular complexity index is 304. The maximum absolute atomic E-state index is 8.37. The van der Waals surface area contributed by atoms with Gasteiger partial charge in [-0.05, 0) is 24.3 Å². The summed E-state index contributed by atoms with van der Waals surface area (Å²) in [5, 5.41) is 8.41. The van der Waals surface area contributed by atoms with E-state index in [0.29, 0.717) is 10.8 Å². The highest BCUT2D eigenvalue weighted by Crippen LogP contribution is 2.15. The number of ether oxygens (including phenoxy) is 1. The molecule has 1 aromatic carbocycles. The first-order chi connectivity index (χ1) is 6.22. The first-order valence-corrected chi connectivity index (χ1v) is 4.46. The first-order valence-electron chi connectivity index (χ1n) is 3.64. The van der Waals surface area contributed by atoms with Crippen molar-refractivity contribution in [3.05, 3.63) is 29.3 Å². The average molecular weight is 216 g/mol. The minimum Gasteiger partial charge on any atom is -0.491 e. The summed E-state index contributed by atoms with van der Waals surface area (Å²) in [5.74, 6) is 0.658. The van der Waals surface area contributed by atoms with Crippen LogP contribution in [-0.2, 0) is 0 Å². The second kappa shape index (κ2) is 4.96. The summed E-state index contributed by atoms with van der Waals surface area (Å²) >= 11 is 11.2. The molecule has 0 spiro atoms. The molecule has 0 saturated heterocycles. The summed E-state index contributed by atoms with van der Waals surface area (Å²) in [5.41, 5.74) is 0. The third-order valence-corrected chi connectivity index (χ3v) is 1.83. The van der Waals surface area contributed by atoms with Crippen molar-refractivity contribution in [3.8, 4) is 11.8 Å². The fraction of sp³-hybridized carbons (Fsp3) is 0.222. The molecule has 1 aromatic rings. The number of halogens is 2. The Kier molecular flexibility index (Phi) is 3.88. The van der Waals surface area contributed by atoms with E-state index in [2.05, 4.69) is 0 Å². The van der Waals surface area contributed by atoms with Crippen LogP contribution in [0.3, 0.4) is 0 Å². The van der Waals surface area contributed by atoms with E-state index in [1.807, 2.05) is 6.07 Å². The van der Waals surface area contributed by atoms with E-state index in [-0.39, 0.29) is 6.61 Å². The van der Waals surface area contributed by atoms with Crippen LogP contribution in [-0.4, -0.2) is 12.0 Å². The number of nitriles is 1. The number of nitrogens with zero attached hydrogens (tertiary/aromatic N) is 1. The van der Waals surface area contributed by atoms with Crippen molar-refractivity contribution >= 4 is 23.2 Å². The van der Waals surface area contributed by atoms with Crippen LogP contribution in [0.15, 0.2) is 24.3 Å². The monoisotopic (exact) mass is 215 g/mol. The van der Waals surface area contributed by atoms with Gasteiger partial charge in [-0.1, -0.05) is 11.6 Å². The zero-order chi connectivity index (χ0) is 9.68. The number of hydrogen-bond acceptors (Lipinski definition) is 2. The van der Waals surface area contributed by atoms with Crippen molar-refractivity contribution in [2.45, 2.75) is 5.38 Å². The highest BCUT2D eigenvalue weighted by Gasteiger charge is 2.02. The van der Waals surface area contributed by atoms with Crippen LogP contribution in [0.5, 0.6) is 5.75 Å². The Hall–Kier alpha value is -0.910. The van der Waals surface area contributed by atoms with Crippen LogP contribution in [0, 0.1) is 11.3 Å². The molecule has 0 aromatic heterocycles. The molecule has 0 radical (unpaired) electrons. The fourth-order valence-electron chi connectivity index (χ4n) is 0.737. The molecule has 2 nitrogen and oxygen atoms in total. The van der Waals surface area contributed by atoms with Crippen molar-refractivity contribution in [1.29, 1.82) is 5.26 Å². The van der Waals surface area contributed by atoms with Gasteiger partial charge in [0, 0.05) is 5.02 Å². The lowest BCUT2D eigenvalue weighted by Crippen LogP contribution is -2.08. The molecule has 0 bridgehead atoms. The number of rotatable bonds is 3. The molecule has 0 aliphatic carbocycles. The molecule has 0 amide bonds. The molecular weight excluding hydrogens is 209 g/mol. The standard InChI is InChI=1S/C9H7Cl2NO/c10-7-1-3-9(4-2-7)13-6-8(11)5-12/h1-4,8H,6H2. The Morgan fingerprint density at radius 3 is 2.54 bits per heavy atom. The fourth-order valence-corrected chi connectivity index (χ4v) is 0.926. The van der Waals surface area contributed by atoms with Gasteiger partial charge >= 0.3 is 0 Å². The Morgan fingerprint density at radius 1 is 1.38 bits per heavy atom. The molecule has 4 heteroatoms. The van der Waals surface area contributed by atoms with Crippen molar-refractivity contribution in [3.63, 3.8) is 0 Å². The van der Waals surface area contributed by atoms with E-state index < -0.39 is 5.38 Å². The predicted molar refractivity (Wildman–Crippen MR) is 52.2 cm³/mol. The summed E-state index contributed by atoms with van der Waals surface area (Å²) < 4.78 is 5.20. The molecule has 0 aliphatic rings. The van der Waals surface area contributed by atoms with Crippen LogP contribution in [0.25, 0.3) is 0 Å². The van der Waals surface area contributed by atoms with Crippen LogP contribution in [0.2, 0.25) is 5.02 Å². The van der Waals surface area contributed by atoms with Gasteiger partial charge < -0.3 is 4.74 Å². The van der Waals surface area contributed by atoms with Gasteiger partial charge in [0.15, 0.2) is 5.38 Å². The smallest absolute Gasteiger partial charge is 0.154 e. The van der Waals surface area contributed by atoms with Gasteiger partial charge in [0.1, 0.15) is 12.4 Å². The molecule has 68 valence electrons. The molecule has 1 rings (SSSR count). The third kappa shape index (κ3) is 3.54. The highest BCUT2D eigenvalue weighted by molar-refractivity contribution is 6.30. The van der Waals surface area contributed by atoms with Crippen molar-refractivity contribution in [1.82, 2.24) is 0 Å². The Balaban J connectivity index is 2.47. The second-order valence-electron chi connectivity index (χ2n) is 2.36. The molecule has 0 fully saturated rings. The maximum atomic E-state index is 8.37. The molecule has 13 heavy (non-hydrogen) atoms. The van der Waals surface area contributed by atoms with Gasteiger partial charge in [-0.3, -0.25) is 0 Å². The molecule has 1 atom stereocenters. The van der Waals surface area contributed by atoms with Crippen LogP contribution < -0.4 is 4.74 Å². The van der Waals surface area contributed by atoms with Crippen molar-refractivity contribution < 1.29 is 4.74 Å². The van der Waals surface area contributed by atoms with Crippen LogP contribution in [0.1, 0.15) is 0 Å². The minimum atomic E-state index is -0.615. The van der Waals surface area contributed by atoms with Crippen molar-refractivity contribution in [2.24, 2.45) is 0 Å². The molecule has 0 saturated carbocycles. The second-order valence-corrected chi connectivity index (χ2v) is 3.32. The molecule has 0 aliphatic heterocycles. The number of hydrogen-bond donors (Lipinski definition) is 0. The van der Waals surface area contributed by atoms with Crippen LogP contribution in [0.4, 0.5) is 0 Å². The summed E-state index contributed by atoms with van der Waals surface area (Å²) in [6.45, 7) is 0.180. The first kappa shape index (κ1) is 10.2. The summed E-state index contributed by atoms with van der Waals surface area (Å²) in [6, 6.07) is 8.74. The van der Waals surface area contributed by atoms with E-state index in [0.717, 1.165) is 0 Å². The van der Waals surface area contributed by atoms with E-state index in [9.17, 15) is 0 Å². The quantitative estimate of drug-likeness (QED) is 0.727. The third-order valence-electron chi connectivity index (χ3n) is 1.35. The molecule has 1 unspecified atom stereocenters. The topological polar surface area (TPSA) is 33.0 Å². The highest BCUT2D eigenvalue weighted by atomic mass is 35.5. The lowest BCUT2D eigenvalue weighted by Gasteiger charge is -2.05. The lowest BCUT2D eigenvalue weighted by atomic mass is 10.3. The van der Waals surface area contributed by atoms with E-state index in [4.69, 9.17) is 33.2 Å². The maximum Gasteiger partial charge on any atom is 0.154 e. The normalized spacial score (nSPS) is 11.8. The average Bonchev–Trinajstić information content (AvgIpc) is 2.16. The number of benzene rings is 1. The van der Waals surface area contributed by atoms with E-state index in [1.54, 1.807) is 24.3 Å². The van der Waals surface area contributed by atoms with Gasteiger partial charge in [0.05, 0.1) is 6.07 Å². The predicted octanol–water partition coefficient (Wildman–Crippen LogP) is 2.85. The summed E-state index contributed by atoms with van der Waals surface area (Å²) in [4.78, 5) is 0. The van der Waals surface area contributed by atoms with E-state index in [1.165, 1.54) is 0 Å². The van der Waals surface area contributed by atoms with Gasteiger partial charge in [0.2, 0.25) is 0 Å². The summed E-state index contributed by atoms with van der Waals surface area (Å²) in [7, 11) is 0. The number of alkyl halides is 1. The Labute approximate surface area is 86.6 Å². The van der Waals surface area contributed by atoms with Gasteiger partial charge in [0.25, 0.3) is 0 Å². The van der Waals surface area contributed by atoms with E-state index >= 15 is 0 Å². The van der Waals surface area contributed by atoms with Crippen molar-refractivity contribution in [2.75, 3.05) is 6.61 Å². The summed E-state index contributed by atoms with van der Waals surface area (Å²) in [6.07, 6.45) is 0. The minimum absolute atomic E-state index is 0.180. The molecule has 0 N–H and O–H groups in total. The van der Waals surface area contributed by atoms with Gasteiger partial charge in [-0.25, -0.2) is 0 Å². The lowest BCUT2D eigenvalue weighted by molar-refractivity contribution is 0.329.